The lowest BCUT2D eigenvalue weighted by Gasteiger charge is -2.08. The van der Waals surface area contributed by atoms with Crippen LogP contribution in [0.25, 0.3) is 11.0 Å². The number of hydrogen-bond donors (Lipinski definition) is 2. The number of ketones is 1. The van der Waals surface area contributed by atoms with E-state index in [-0.39, 0.29) is 23.2 Å². The van der Waals surface area contributed by atoms with E-state index in [1.165, 1.54) is 12.1 Å². The summed E-state index contributed by atoms with van der Waals surface area (Å²) >= 11 is 6.48. The molecule has 0 unspecified atom stereocenters. The Kier molecular flexibility index (Phi) is 4.44. The average Bonchev–Trinajstić information content (AvgIpc) is 2.90. The van der Waals surface area contributed by atoms with Crippen LogP contribution in [0.15, 0.2) is 43.7 Å². The number of aromatic hydroxyl groups is 2. The fourth-order valence-corrected chi connectivity index (χ4v) is 3.77. The third-order valence-corrected chi connectivity index (χ3v) is 4.94. The molecule has 0 radical (unpaired) electrons. The highest BCUT2D eigenvalue weighted by molar-refractivity contribution is 9.11. The zero-order chi connectivity index (χ0) is 17.6. The van der Waals surface area contributed by atoms with E-state index >= 15 is 0 Å². The van der Waals surface area contributed by atoms with E-state index in [9.17, 15) is 15.0 Å². The Labute approximate surface area is 155 Å². The number of carbonyl (C=O) groups is 1. The van der Waals surface area contributed by atoms with E-state index in [4.69, 9.17) is 4.42 Å². The van der Waals surface area contributed by atoms with Crippen LogP contribution in [-0.4, -0.2) is 16.0 Å². The van der Waals surface area contributed by atoms with Gasteiger partial charge < -0.3 is 14.6 Å². The molecule has 3 aromatic rings. The van der Waals surface area contributed by atoms with Gasteiger partial charge in [0.25, 0.3) is 0 Å². The Bertz CT molecular complexity index is 934. The SMILES string of the molecule is CC(C)c1oc2ccc(O)cc2c1C(=O)c1cc(Br)c(O)c(Br)c1. The van der Waals surface area contributed by atoms with E-state index in [1.807, 2.05) is 13.8 Å². The number of hydrogen-bond acceptors (Lipinski definition) is 4. The Hall–Kier alpha value is -1.79. The lowest BCUT2D eigenvalue weighted by Crippen LogP contribution is -2.05. The van der Waals surface area contributed by atoms with Gasteiger partial charge in [-0.3, -0.25) is 4.79 Å². The monoisotopic (exact) mass is 452 g/mol. The summed E-state index contributed by atoms with van der Waals surface area (Å²) in [5.74, 6) is 0.443. The number of fused-ring (bicyclic) bond motifs is 1. The maximum atomic E-state index is 13.1. The molecular weight excluding hydrogens is 440 g/mol. The molecule has 0 fully saturated rings. The quantitative estimate of drug-likeness (QED) is 0.497. The van der Waals surface area contributed by atoms with Gasteiger partial charge in [0.15, 0.2) is 5.78 Å². The molecule has 0 amide bonds. The van der Waals surface area contributed by atoms with Crippen LogP contribution in [0.1, 0.15) is 41.4 Å². The van der Waals surface area contributed by atoms with E-state index in [0.717, 1.165) is 0 Å². The molecule has 4 nitrogen and oxygen atoms in total. The summed E-state index contributed by atoms with van der Waals surface area (Å²) in [5, 5.41) is 20.2. The molecule has 2 N–H and O–H groups in total. The summed E-state index contributed by atoms with van der Waals surface area (Å²) < 4.78 is 6.67. The van der Waals surface area contributed by atoms with E-state index in [2.05, 4.69) is 31.9 Å². The van der Waals surface area contributed by atoms with Crippen molar-refractivity contribution in [3.05, 3.63) is 56.2 Å². The third-order valence-electron chi connectivity index (χ3n) is 3.73. The fourth-order valence-electron chi connectivity index (χ4n) is 2.59. The van der Waals surface area contributed by atoms with Gasteiger partial charge in [-0.2, -0.15) is 0 Å². The van der Waals surface area contributed by atoms with E-state index in [0.29, 0.717) is 36.8 Å². The number of phenols is 2. The second-order valence-corrected chi connectivity index (χ2v) is 7.50. The molecule has 0 aliphatic carbocycles. The molecular formula is C18H14Br2O4. The Balaban J connectivity index is 2.26. The Morgan fingerprint density at radius 1 is 1.08 bits per heavy atom. The molecule has 0 aliphatic heterocycles. The maximum absolute atomic E-state index is 13.1. The molecule has 0 saturated heterocycles. The van der Waals surface area contributed by atoms with Gasteiger partial charge in [-0.1, -0.05) is 13.8 Å². The number of furan rings is 1. The summed E-state index contributed by atoms with van der Waals surface area (Å²) in [5.41, 5.74) is 1.39. The minimum atomic E-state index is -0.232. The molecule has 0 aliphatic rings. The van der Waals surface area contributed by atoms with Crippen LogP contribution in [0.2, 0.25) is 0 Å². The topological polar surface area (TPSA) is 70.7 Å². The predicted octanol–water partition coefficient (Wildman–Crippen LogP) is 5.72. The lowest BCUT2D eigenvalue weighted by atomic mass is 9.96. The van der Waals surface area contributed by atoms with Crippen molar-refractivity contribution in [1.82, 2.24) is 0 Å². The molecule has 2 aromatic carbocycles. The van der Waals surface area contributed by atoms with Crippen molar-refractivity contribution >= 4 is 48.6 Å². The molecule has 24 heavy (non-hydrogen) atoms. The van der Waals surface area contributed by atoms with Crippen LogP contribution in [0, 0.1) is 0 Å². The van der Waals surface area contributed by atoms with Crippen LogP contribution in [0.4, 0.5) is 0 Å². The summed E-state index contributed by atoms with van der Waals surface area (Å²) in [7, 11) is 0. The first kappa shape index (κ1) is 17.0. The second-order valence-electron chi connectivity index (χ2n) is 5.79. The molecule has 6 heteroatoms. The highest BCUT2D eigenvalue weighted by Crippen LogP contribution is 2.37. The van der Waals surface area contributed by atoms with Crippen LogP contribution in [0.3, 0.4) is 0 Å². The summed E-state index contributed by atoms with van der Waals surface area (Å²) in [4.78, 5) is 13.1. The smallest absolute Gasteiger partial charge is 0.197 e. The molecule has 0 spiro atoms. The lowest BCUT2D eigenvalue weighted by molar-refractivity contribution is 0.103. The van der Waals surface area contributed by atoms with E-state index in [1.54, 1.807) is 18.2 Å². The van der Waals surface area contributed by atoms with Gasteiger partial charge in [0.1, 0.15) is 22.8 Å². The number of carbonyl (C=O) groups excluding carboxylic acids is 1. The van der Waals surface area contributed by atoms with Gasteiger partial charge in [0.2, 0.25) is 0 Å². The standard InChI is InChI=1S/C18H14Br2O4/c1-8(2)18-15(11-7-10(21)3-4-14(11)24-18)16(22)9-5-12(19)17(23)13(20)6-9/h3-8,21,23H,1-2H3. The van der Waals surface area contributed by atoms with Gasteiger partial charge in [-0.15, -0.1) is 0 Å². The Morgan fingerprint density at radius 3 is 2.29 bits per heavy atom. The van der Waals surface area contributed by atoms with Gasteiger partial charge >= 0.3 is 0 Å². The highest BCUT2D eigenvalue weighted by atomic mass is 79.9. The van der Waals surface area contributed by atoms with E-state index < -0.39 is 0 Å². The van der Waals surface area contributed by atoms with Gasteiger partial charge in [-0.25, -0.2) is 0 Å². The van der Waals surface area contributed by atoms with Crippen molar-refractivity contribution in [2.24, 2.45) is 0 Å². The van der Waals surface area contributed by atoms with Crippen molar-refractivity contribution in [1.29, 1.82) is 0 Å². The normalized spacial score (nSPS) is 11.4. The molecule has 3 rings (SSSR count). The molecule has 0 saturated carbocycles. The fraction of sp³-hybridized carbons (Fsp3) is 0.167. The molecule has 124 valence electrons. The van der Waals surface area contributed by atoms with Crippen molar-refractivity contribution < 1.29 is 19.4 Å². The number of halogens is 2. The Morgan fingerprint density at radius 2 is 1.71 bits per heavy atom. The third kappa shape index (κ3) is 2.84. The van der Waals surface area contributed by atoms with Crippen molar-refractivity contribution in [2.75, 3.05) is 0 Å². The van der Waals surface area contributed by atoms with Crippen LogP contribution in [-0.2, 0) is 0 Å². The summed E-state index contributed by atoms with van der Waals surface area (Å²) in [6.45, 7) is 3.88. The van der Waals surface area contributed by atoms with Crippen molar-refractivity contribution in [2.45, 2.75) is 19.8 Å². The van der Waals surface area contributed by atoms with Gasteiger partial charge in [-0.05, 0) is 62.2 Å². The summed E-state index contributed by atoms with van der Waals surface area (Å²) in [6, 6.07) is 7.83. The minimum Gasteiger partial charge on any atom is -0.508 e. The van der Waals surface area contributed by atoms with Gasteiger partial charge in [0, 0.05) is 16.9 Å². The molecule has 0 atom stereocenters. The molecule has 0 bridgehead atoms. The van der Waals surface area contributed by atoms with Crippen molar-refractivity contribution in [3.8, 4) is 11.5 Å². The first-order valence-electron chi connectivity index (χ1n) is 7.27. The molecule has 1 heterocycles. The summed E-state index contributed by atoms with van der Waals surface area (Å²) in [6.07, 6.45) is 0. The van der Waals surface area contributed by atoms with Crippen LogP contribution < -0.4 is 0 Å². The van der Waals surface area contributed by atoms with Crippen LogP contribution >= 0.6 is 31.9 Å². The first-order chi connectivity index (χ1) is 11.3. The van der Waals surface area contributed by atoms with Crippen LogP contribution in [0.5, 0.6) is 11.5 Å². The number of benzene rings is 2. The largest absolute Gasteiger partial charge is 0.508 e. The maximum Gasteiger partial charge on any atom is 0.197 e. The average molecular weight is 454 g/mol. The van der Waals surface area contributed by atoms with Gasteiger partial charge in [0.05, 0.1) is 14.5 Å². The zero-order valence-corrected chi connectivity index (χ0v) is 16.1. The highest BCUT2D eigenvalue weighted by Gasteiger charge is 2.25. The van der Waals surface area contributed by atoms with Crippen molar-refractivity contribution in [3.63, 3.8) is 0 Å². The number of rotatable bonds is 3. The zero-order valence-electron chi connectivity index (χ0n) is 12.9. The molecule has 1 aromatic heterocycles. The number of phenolic OH excluding ortho intramolecular Hbond substituents is 2. The first-order valence-corrected chi connectivity index (χ1v) is 8.86. The minimum absolute atomic E-state index is 0.00230. The second kappa shape index (κ2) is 6.26. The predicted molar refractivity (Wildman–Crippen MR) is 98.9 cm³/mol.